The molecule has 1 aromatic carbocycles. The van der Waals surface area contributed by atoms with Crippen LogP contribution in [0, 0.1) is 5.92 Å². The van der Waals surface area contributed by atoms with Crippen molar-refractivity contribution < 1.29 is 14.3 Å². The first kappa shape index (κ1) is 18.2. The zero-order valence-corrected chi connectivity index (χ0v) is 15.7. The number of carbonyl (C=O) groups excluding carboxylic acids is 2. The van der Waals surface area contributed by atoms with E-state index in [9.17, 15) is 9.59 Å². The zero-order chi connectivity index (χ0) is 17.8. The third-order valence-corrected chi connectivity index (χ3v) is 5.81. The Morgan fingerprint density at radius 3 is 2.56 bits per heavy atom. The molecule has 1 aromatic heterocycles. The molecule has 0 unspecified atom stereocenters. The van der Waals surface area contributed by atoms with Gasteiger partial charge >= 0.3 is 5.97 Å². The van der Waals surface area contributed by atoms with Crippen LogP contribution in [0.4, 0.5) is 0 Å². The highest BCUT2D eigenvalue weighted by Crippen LogP contribution is 2.24. The van der Waals surface area contributed by atoms with E-state index >= 15 is 0 Å². The summed E-state index contributed by atoms with van der Waals surface area (Å²) >= 11 is 13.3. The average Bonchev–Trinajstić information content (AvgIpc) is 3.16. The van der Waals surface area contributed by atoms with Gasteiger partial charge in [0, 0.05) is 13.1 Å². The second-order valence-electron chi connectivity index (χ2n) is 5.90. The lowest BCUT2D eigenvalue weighted by Gasteiger charge is -2.30. The van der Waals surface area contributed by atoms with Crippen molar-refractivity contribution in [1.29, 1.82) is 0 Å². The third kappa shape index (κ3) is 4.54. The van der Waals surface area contributed by atoms with Gasteiger partial charge in [0.1, 0.15) is 6.61 Å². The number of rotatable bonds is 4. The summed E-state index contributed by atoms with van der Waals surface area (Å²) in [5.41, 5.74) is 0.799. The lowest BCUT2D eigenvalue weighted by Crippen LogP contribution is -2.40. The number of likely N-dealkylation sites (tertiary alicyclic amines) is 1. The molecule has 1 aliphatic heterocycles. The lowest BCUT2D eigenvalue weighted by molar-refractivity contribution is -0.151. The van der Waals surface area contributed by atoms with E-state index in [4.69, 9.17) is 27.9 Å². The molecule has 2 heterocycles. The third-order valence-electron chi connectivity index (χ3n) is 4.21. The van der Waals surface area contributed by atoms with Crippen LogP contribution in [0.25, 0.3) is 0 Å². The number of piperidine rings is 1. The molecule has 1 fully saturated rings. The monoisotopic (exact) mass is 397 g/mol. The maximum Gasteiger partial charge on any atom is 0.309 e. The molecule has 0 spiro atoms. The highest BCUT2D eigenvalue weighted by atomic mass is 35.5. The standard InChI is InChI=1S/C18H17Cl2NO3S/c19-14-4-3-12(10-15(14)20)11-24-18(23)13-5-7-21(8-6-13)17(22)16-2-1-9-25-16/h1-4,9-10,13H,5-8,11H2. The van der Waals surface area contributed by atoms with Crippen molar-refractivity contribution in [2.24, 2.45) is 5.92 Å². The Balaban J connectivity index is 1.48. The van der Waals surface area contributed by atoms with Gasteiger partial charge in [-0.2, -0.15) is 0 Å². The first-order valence-corrected chi connectivity index (χ1v) is 9.61. The van der Waals surface area contributed by atoms with Gasteiger partial charge in [-0.1, -0.05) is 35.3 Å². The number of benzene rings is 1. The number of thiophene rings is 1. The van der Waals surface area contributed by atoms with Gasteiger partial charge in [-0.3, -0.25) is 9.59 Å². The number of ether oxygens (including phenoxy) is 1. The van der Waals surface area contributed by atoms with Gasteiger partial charge in [0.25, 0.3) is 5.91 Å². The number of amides is 1. The summed E-state index contributed by atoms with van der Waals surface area (Å²) in [6.45, 7) is 1.32. The van der Waals surface area contributed by atoms with Crippen LogP contribution in [0.15, 0.2) is 35.7 Å². The van der Waals surface area contributed by atoms with Gasteiger partial charge in [0.15, 0.2) is 0 Å². The summed E-state index contributed by atoms with van der Waals surface area (Å²) < 4.78 is 5.39. The average molecular weight is 398 g/mol. The van der Waals surface area contributed by atoms with E-state index in [0.717, 1.165) is 10.4 Å². The van der Waals surface area contributed by atoms with Crippen molar-refractivity contribution in [3.8, 4) is 0 Å². The molecule has 0 radical (unpaired) electrons. The molecule has 25 heavy (non-hydrogen) atoms. The molecular formula is C18H17Cl2NO3S. The summed E-state index contributed by atoms with van der Waals surface area (Å²) in [6, 6.07) is 8.85. The molecule has 4 nitrogen and oxygen atoms in total. The van der Waals surface area contributed by atoms with Crippen LogP contribution in [0.1, 0.15) is 28.1 Å². The Kier molecular flexibility index (Phi) is 5.99. The van der Waals surface area contributed by atoms with E-state index in [0.29, 0.717) is 36.0 Å². The minimum absolute atomic E-state index is 0.0395. The van der Waals surface area contributed by atoms with Crippen molar-refractivity contribution in [3.05, 3.63) is 56.2 Å². The van der Waals surface area contributed by atoms with Gasteiger partial charge in [-0.25, -0.2) is 0 Å². The topological polar surface area (TPSA) is 46.6 Å². The minimum Gasteiger partial charge on any atom is -0.461 e. The van der Waals surface area contributed by atoms with E-state index in [1.165, 1.54) is 11.3 Å². The van der Waals surface area contributed by atoms with E-state index < -0.39 is 0 Å². The van der Waals surface area contributed by atoms with Crippen molar-refractivity contribution in [1.82, 2.24) is 4.90 Å². The Morgan fingerprint density at radius 2 is 1.92 bits per heavy atom. The minimum atomic E-state index is -0.228. The SMILES string of the molecule is O=C(OCc1ccc(Cl)c(Cl)c1)C1CCN(C(=O)c2cccs2)CC1. The number of halogens is 2. The highest BCUT2D eigenvalue weighted by Gasteiger charge is 2.29. The summed E-state index contributed by atoms with van der Waals surface area (Å²) in [5.74, 6) is -0.359. The summed E-state index contributed by atoms with van der Waals surface area (Å²) in [5, 5.41) is 2.80. The molecule has 0 N–H and O–H groups in total. The van der Waals surface area contributed by atoms with Crippen LogP contribution in [0.2, 0.25) is 10.0 Å². The van der Waals surface area contributed by atoms with Crippen molar-refractivity contribution in [3.63, 3.8) is 0 Å². The van der Waals surface area contributed by atoms with Gasteiger partial charge in [0.2, 0.25) is 0 Å². The first-order valence-electron chi connectivity index (χ1n) is 7.98. The molecule has 7 heteroatoms. The van der Waals surface area contributed by atoms with Crippen molar-refractivity contribution in [2.45, 2.75) is 19.4 Å². The maximum atomic E-state index is 12.3. The second-order valence-corrected chi connectivity index (χ2v) is 7.66. The molecular weight excluding hydrogens is 381 g/mol. The largest absolute Gasteiger partial charge is 0.461 e. The molecule has 2 aromatic rings. The van der Waals surface area contributed by atoms with E-state index in [1.54, 1.807) is 23.1 Å². The molecule has 0 atom stereocenters. The second kappa shape index (κ2) is 8.21. The fraction of sp³-hybridized carbons (Fsp3) is 0.333. The Bertz CT molecular complexity index is 756. The quantitative estimate of drug-likeness (QED) is 0.705. The number of esters is 1. The van der Waals surface area contributed by atoms with E-state index in [1.807, 2.05) is 17.5 Å². The summed E-state index contributed by atoms with van der Waals surface area (Å²) in [4.78, 5) is 27.1. The van der Waals surface area contributed by atoms with Crippen LogP contribution in [-0.2, 0) is 16.1 Å². The fourth-order valence-corrected chi connectivity index (χ4v) is 3.79. The molecule has 0 bridgehead atoms. The van der Waals surface area contributed by atoms with Gasteiger partial charge in [-0.05, 0) is 42.0 Å². The van der Waals surface area contributed by atoms with E-state index in [-0.39, 0.29) is 24.4 Å². The van der Waals surface area contributed by atoms with Crippen LogP contribution in [0.3, 0.4) is 0 Å². The number of hydrogen-bond acceptors (Lipinski definition) is 4. The van der Waals surface area contributed by atoms with Crippen LogP contribution in [-0.4, -0.2) is 29.9 Å². The fourth-order valence-electron chi connectivity index (χ4n) is 2.78. The Morgan fingerprint density at radius 1 is 1.16 bits per heavy atom. The predicted molar refractivity (Wildman–Crippen MR) is 99.2 cm³/mol. The van der Waals surface area contributed by atoms with E-state index in [2.05, 4.69) is 0 Å². The van der Waals surface area contributed by atoms with Crippen molar-refractivity contribution in [2.75, 3.05) is 13.1 Å². The molecule has 3 rings (SSSR count). The molecule has 132 valence electrons. The molecule has 1 aliphatic rings. The smallest absolute Gasteiger partial charge is 0.309 e. The number of carbonyl (C=O) groups is 2. The van der Waals surface area contributed by atoms with Crippen LogP contribution >= 0.6 is 34.5 Å². The van der Waals surface area contributed by atoms with Gasteiger partial charge in [0.05, 0.1) is 20.8 Å². The zero-order valence-electron chi connectivity index (χ0n) is 13.4. The lowest BCUT2D eigenvalue weighted by atomic mass is 9.97. The van der Waals surface area contributed by atoms with Gasteiger partial charge in [-0.15, -0.1) is 11.3 Å². The van der Waals surface area contributed by atoms with Crippen LogP contribution < -0.4 is 0 Å². The Labute approximate surface area is 160 Å². The highest BCUT2D eigenvalue weighted by molar-refractivity contribution is 7.12. The normalized spacial score (nSPS) is 15.2. The number of nitrogens with zero attached hydrogens (tertiary/aromatic N) is 1. The van der Waals surface area contributed by atoms with Gasteiger partial charge < -0.3 is 9.64 Å². The summed E-state index contributed by atoms with van der Waals surface area (Å²) in [7, 11) is 0. The van der Waals surface area contributed by atoms with Crippen molar-refractivity contribution >= 4 is 46.4 Å². The van der Waals surface area contributed by atoms with Crippen LogP contribution in [0.5, 0.6) is 0 Å². The maximum absolute atomic E-state index is 12.3. The molecule has 1 amide bonds. The molecule has 1 saturated heterocycles. The first-order chi connectivity index (χ1) is 12.0. The molecule has 0 aliphatic carbocycles. The number of hydrogen-bond donors (Lipinski definition) is 0. The molecule has 0 saturated carbocycles. The predicted octanol–water partition coefficient (Wildman–Crippen LogP) is 4.65. The summed E-state index contributed by atoms with van der Waals surface area (Å²) in [6.07, 6.45) is 1.24. The Hall–Kier alpha value is -1.56.